The molecule has 0 spiro atoms. The molecule has 0 radical (unpaired) electrons. The molecule has 0 saturated carbocycles. The number of ether oxygens (including phenoxy) is 3. The summed E-state index contributed by atoms with van der Waals surface area (Å²) in [6.45, 7) is 1.79. The van der Waals surface area contributed by atoms with Crippen molar-refractivity contribution in [1.29, 1.82) is 0 Å². The second-order valence-corrected chi connectivity index (χ2v) is 5.20. The molecule has 0 fully saturated rings. The van der Waals surface area contributed by atoms with Gasteiger partial charge in [0.15, 0.2) is 24.3 Å². The predicted octanol–water partition coefficient (Wildman–Crippen LogP) is -4.95. The highest BCUT2D eigenvalue weighted by molar-refractivity contribution is 6.07. The van der Waals surface area contributed by atoms with Gasteiger partial charge in [0, 0.05) is 6.20 Å². The van der Waals surface area contributed by atoms with Crippen molar-refractivity contribution in [1.82, 2.24) is 5.32 Å². The smallest absolute Gasteiger partial charge is 0.203 e. The van der Waals surface area contributed by atoms with Crippen LogP contribution in [0.5, 0.6) is 17.2 Å². The summed E-state index contributed by atoms with van der Waals surface area (Å²) in [5.74, 6) is 1.90. The number of hydrogen-bond acceptors (Lipinski definition) is 8. The lowest BCUT2D eigenvalue weighted by Crippen LogP contribution is -2.70. The summed E-state index contributed by atoms with van der Waals surface area (Å²) in [4.78, 5) is 3.23. The lowest BCUT2D eigenvalue weighted by molar-refractivity contribution is -2.00. The first-order valence-electron chi connectivity index (χ1n) is 6.72. The molecule has 0 amide bonds. The molecule has 9 nitrogen and oxygen atoms in total. The zero-order valence-corrected chi connectivity index (χ0v) is 14.2. The van der Waals surface area contributed by atoms with Crippen LogP contribution in [0, 0.1) is 10.2 Å². The van der Waals surface area contributed by atoms with E-state index in [1.165, 1.54) is 0 Å². The molecular weight excluding hydrogens is 344 g/mol. The maximum absolute atomic E-state index is 8.49. The number of benzene rings is 1. The molecule has 10 heteroatoms. The molecule has 0 bridgehead atoms. The zero-order valence-electron chi connectivity index (χ0n) is 13.5. The molecule has 0 aromatic heterocycles. The minimum absolute atomic E-state index is 0.601. The molecule has 0 saturated heterocycles. The number of rotatable bonds is 4. The molecule has 1 aliphatic rings. The summed E-state index contributed by atoms with van der Waals surface area (Å²) < 4.78 is 50.0. The van der Waals surface area contributed by atoms with Gasteiger partial charge in [-0.1, -0.05) is 0 Å². The van der Waals surface area contributed by atoms with Gasteiger partial charge in [0.2, 0.25) is 5.75 Å². The van der Waals surface area contributed by atoms with Crippen LogP contribution in [0.1, 0.15) is 5.56 Å². The lowest BCUT2D eigenvalue weighted by Gasteiger charge is -2.17. The molecule has 2 N–H and O–H groups in total. The first kappa shape index (κ1) is 20.0. The van der Waals surface area contributed by atoms with Gasteiger partial charge >= 0.3 is 0 Å². The fraction of sp³-hybridized carbons (Fsp3) is 0.357. The normalized spacial score (nSPS) is 13.7. The van der Waals surface area contributed by atoms with Gasteiger partial charge in [-0.25, -0.2) is 23.6 Å². The van der Waals surface area contributed by atoms with Crippen molar-refractivity contribution in [2.75, 3.05) is 34.4 Å². The SMILES string of the molecule is COc1cc(C2=CNCC[NH+]=C2)cc(OC)c1OC.[O-][Cl+3]([O-])([O-])[O-]. The quantitative estimate of drug-likeness (QED) is 0.541. The van der Waals surface area contributed by atoms with Gasteiger partial charge < -0.3 is 19.5 Å². The summed E-state index contributed by atoms with van der Waals surface area (Å²) in [5.41, 5.74) is 2.04. The molecule has 1 heterocycles. The van der Waals surface area contributed by atoms with Gasteiger partial charge in [-0.3, -0.25) is 0 Å². The van der Waals surface area contributed by atoms with Gasteiger partial charge in [-0.2, -0.15) is 0 Å². The Morgan fingerprint density at radius 1 is 1.00 bits per heavy atom. The van der Waals surface area contributed by atoms with E-state index in [-0.39, 0.29) is 0 Å². The number of allylic oxidation sites excluding steroid dienone is 1. The Bertz CT molecular complexity index is 568. The predicted molar refractivity (Wildman–Crippen MR) is 74.0 cm³/mol. The van der Waals surface area contributed by atoms with Crippen molar-refractivity contribution in [3.05, 3.63) is 23.9 Å². The van der Waals surface area contributed by atoms with Gasteiger partial charge in [-0.05, 0) is 17.7 Å². The number of methoxy groups -OCH3 is 3. The minimum Gasteiger partial charge on any atom is -0.493 e. The lowest BCUT2D eigenvalue weighted by atomic mass is 10.1. The molecule has 1 aromatic carbocycles. The topological polar surface area (TPSA) is 146 Å². The summed E-state index contributed by atoms with van der Waals surface area (Å²) in [5, 5.41) is 3.23. The van der Waals surface area contributed by atoms with Crippen LogP contribution >= 0.6 is 0 Å². The number of halogens is 1. The monoisotopic (exact) mass is 362 g/mol. The first-order chi connectivity index (χ1) is 11.3. The molecular formula is C14H19ClN2O7. The van der Waals surface area contributed by atoms with Crippen molar-refractivity contribution in [2.24, 2.45) is 0 Å². The molecule has 1 aromatic rings. The highest BCUT2D eigenvalue weighted by atomic mass is 35.7. The van der Waals surface area contributed by atoms with Crippen LogP contribution in [0.4, 0.5) is 0 Å². The van der Waals surface area contributed by atoms with E-state index >= 15 is 0 Å². The van der Waals surface area contributed by atoms with Crippen molar-refractivity contribution in [3.63, 3.8) is 0 Å². The van der Waals surface area contributed by atoms with E-state index in [9.17, 15) is 0 Å². The standard InChI is InChI=1S/C14H18N2O3.ClHO4/c1-17-12-6-10(7-13(18-2)14(12)19-3)11-8-15-4-5-16-9-11;2-1(3,4)5/h6-9,15H,4-5H2,1-3H3;(H,2,3,4,5). The van der Waals surface area contributed by atoms with Crippen LogP contribution in [0.25, 0.3) is 5.57 Å². The maximum atomic E-state index is 8.49. The van der Waals surface area contributed by atoms with Crippen LogP contribution in [-0.2, 0) is 0 Å². The second-order valence-electron chi connectivity index (χ2n) is 4.44. The summed E-state index contributed by atoms with van der Waals surface area (Å²) in [7, 11) is -0.119. The van der Waals surface area contributed by atoms with Crippen LogP contribution in [0.2, 0.25) is 0 Å². The van der Waals surface area contributed by atoms with E-state index < -0.39 is 10.2 Å². The Morgan fingerprint density at radius 3 is 2.00 bits per heavy atom. The molecule has 0 unspecified atom stereocenters. The average Bonchev–Trinajstić information content (AvgIpc) is 2.81. The largest absolute Gasteiger partial charge is 0.493 e. The molecule has 2 rings (SSSR count). The Kier molecular flexibility index (Phi) is 7.75. The van der Waals surface area contributed by atoms with Gasteiger partial charge in [0.05, 0.1) is 33.4 Å². The van der Waals surface area contributed by atoms with Crippen molar-refractivity contribution in [2.45, 2.75) is 0 Å². The Morgan fingerprint density at radius 2 is 1.54 bits per heavy atom. The highest BCUT2D eigenvalue weighted by Crippen LogP contribution is 2.39. The van der Waals surface area contributed by atoms with Crippen LogP contribution in [0.15, 0.2) is 18.3 Å². The van der Waals surface area contributed by atoms with Crippen molar-refractivity contribution < 1.29 is 48.1 Å². The summed E-state index contributed by atoms with van der Waals surface area (Å²) in [6, 6.07) is 3.86. The van der Waals surface area contributed by atoms with Gasteiger partial charge in [-0.15, -0.1) is 10.2 Å². The zero-order chi connectivity index (χ0) is 18.2. The van der Waals surface area contributed by atoms with Crippen LogP contribution in [-0.4, -0.2) is 40.6 Å². The molecule has 0 aliphatic carbocycles. The van der Waals surface area contributed by atoms with Gasteiger partial charge in [0.25, 0.3) is 0 Å². The third kappa shape index (κ3) is 6.60. The molecule has 24 heavy (non-hydrogen) atoms. The molecule has 134 valence electrons. The summed E-state index contributed by atoms with van der Waals surface area (Å²) in [6.07, 6.45) is 3.95. The fourth-order valence-electron chi connectivity index (χ4n) is 1.96. The van der Waals surface area contributed by atoms with Crippen LogP contribution < -0.4 is 43.2 Å². The molecule has 0 atom stereocenters. The summed E-state index contributed by atoms with van der Waals surface area (Å²) >= 11 is 0. The fourth-order valence-corrected chi connectivity index (χ4v) is 1.96. The Hall–Kier alpha value is -2.04. The van der Waals surface area contributed by atoms with E-state index in [0.717, 1.165) is 24.2 Å². The third-order valence-electron chi connectivity index (χ3n) is 2.93. The second kappa shape index (κ2) is 9.30. The maximum Gasteiger partial charge on any atom is 0.203 e. The Balaban J connectivity index is 0.000000505. The van der Waals surface area contributed by atoms with E-state index in [0.29, 0.717) is 17.2 Å². The number of nitrogens with one attached hydrogen (secondary N) is 2. The minimum atomic E-state index is -4.94. The first-order valence-corrected chi connectivity index (χ1v) is 7.96. The number of hydrogen-bond donors (Lipinski definition) is 2. The van der Waals surface area contributed by atoms with E-state index in [1.807, 2.05) is 24.5 Å². The third-order valence-corrected chi connectivity index (χ3v) is 2.93. The highest BCUT2D eigenvalue weighted by Gasteiger charge is 2.15. The van der Waals surface area contributed by atoms with Crippen molar-refractivity contribution in [3.8, 4) is 17.2 Å². The van der Waals surface area contributed by atoms with E-state index in [2.05, 4.69) is 10.3 Å². The van der Waals surface area contributed by atoms with Gasteiger partial charge in [0.1, 0.15) is 0 Å². The molecule has 1 aliphatic heterocycles. The van der Waals surface area contributed by atoms with Crippen molar-refractivity contribution >= 4 is 11.8 Å². The Labute approximate surface area is 141 Å². The van der Waals surface area contributed by atoms with E-state index in [4.69, 9.17) is 32.8 Å². The van der Waals surface area contributed by atoms with Crippen LogP contribution in [0.3, 0.4) is 0 Å². The average molecular weight is 363 g/mol. The van der Waals surface area contributed by atoms with E-state index in [1.54, 1.807) is 21.3 Å².